The van der Waals surface area contributed by atoms with Crippen LogP contribution in [-0.4, -0.2) is 18.5 Å². The van der Waals surface area contributed by atoms with E-state index in [0.29, 0.717) is 6.54 Å². The zero-order valence-corrected chi connectivity index (χ0v) is 13.7. The van der Waals surface area contributed by atoms with Gasteiger partial charge in [0.15, 0.2) is 0 Å². The van der Waals surface area contributed by atoms with Crippen LogP contribution in [0.25, 0.3) is 0 Å². The van der Waals surface area contributed by atoms with Crippen LogP contribution < -0.4 is 11.1 Å². The summed E-state index contributed by atoms with van der Waals surface area (Å²) in [6, 6.07) is 7.95. The third-order valence-corrected chi connectivity index (χ3v) is 4.94. The van der Waals surface area contributed by atoms with E-state index in [9.17, 15) is 4.79 Å². The molecule has 0 aromatic heterocycles. The Hall–Kier alpha value is -0.870. The minimum Gasteiger partial charge on any atom is -0.354 e. The van der Waals surface area contributed by atoms with Crippen molar-refractivity contribution in [3.05, 3.63) is 34.3 Å². The number of benzene rings is 1. The van der Waals surface area contributed by atoms with Crippen LogP contribution >= 0.6 is 15.9 Å². The summed E-state index contributed by atoms with van der Waals surface area (Å²) in [5, 5.41) is 3.04. The van der Waals surface area contributed by atoms with Gasteiger partial charge in [0.05, 0.1) is 6.04 Å². The summed E-state index contributed by atoms with van der Waals surface area (Å²) in [5.74, 6) is 0.191. The highest BCUT2D eigenvalue weighted by Gasteiger charge is 2.44. The van der Waals surface area contributed by atoms with Crippen LogP contribution in [0.15, 0.2) is 28.7 Å². The van der Waals surface area contributed by atoms with Gasteiger partial charge in [-0.25, -0.2) is 0 Å². The van der Waals surface area contributed by atoms with E-state index in [1.54, 1.807) is 0 Å². The lowest BCUT2D eigenvalue weighted by molar-refractivity contribution is -0.123. The minimum atomic E-state index is -0.404. The van der Waals surface area contributed by atoms with E-state index in [1.807, 2.05) is 19.1 Å². The lowest BCUT2D eigenvalue weighted by Crippen LogP contribution is -2.46. The quantitative estimate of drug-likeness (QED) is 0.837. The Bertz CT molecular complexity index is 485. The average molecular weight is 339 g/mol. The molecule has 0 spiro atoms. The molecule has 2 atom stereocenters. The van der Waals surface area contributed by atoms with Gasteiger partial charge in [0, 0.05) is 16.4 Å². The van der Waals surface area contributed by atoms with Crippen molar-refractivity contribution in [1.29, 1.82) is 0 Å². The molecular formula is C16H23BrN2O. The number of rotatable bonds is 6. The highest BCUT2D eigenvalue weighted by atomic mass is 79.9. The lowest BCUT2D eigenvalue weighted by Gasteiger charge is -2.21. The topological polar surface area (TPSA) is 55.1 Å². The molecule has 1 saturated carbocycles. The molecule has 4 heteroatoms. The van der Waals surface area contributed by atoms with Crippen molar-refractivity contribution in [3.63, 3.8) is 0 Å². The van der Waals surface area contributed by atoms with Crippen LogP contribution in [-0.2, 0) is 10.2 Å². The molecule has 0 bridgehead atoms. The first kappa shape index (κ1) is 15.5. The van der Waals surface area contributed by atoms with Gasteiger partial charge >= 0.3 is 0 Å². The van der Waals surface area contributed by atoms with Crippen LogP contribution in [0.1, 0.15) is 38.7 Å². The monoisotopic (exact) mass is 338 g/mol. The van der Waals surface area contributed by atoms with E-state index in [0.717, 1.165) is 23.7 Å². The number of nitrogens with two attached hydrogens (primary N) is 1. The summed E-state index contributed by atoms with van der Waals surface area (Å²) in [6.07, 6.45) is 3.18. The second-order valence-electron chi connectivity index (χ2n) is 5.92. The van der Waals surface area contributed by atoms with Crippen molar-refractivity contribution >= 4 is 21.8 Å². The molecule has 20 heavy (non-hydrogen) atoms. The van der Waals surface area contributed by atoms with Gasteiger partial charge < -0.3 is 11.1 Å². The summed E-state index contributed by atoms with van der Waals surface area (Å²) in [7, 11) is 0. The molecular weight excluding hydrogens is 316 g/mol. The molecule has 0 radical (unpaired) electrons. The van der Waals surface area contributed by atoms with Crippen molar-refractivity contribution in [2.24, 2.45) is 11.7 Å². The number of carbonyl (C=O) groups is 1. The molecule has 2 rings (SSSR count). The van der Waals surface area contributed by atoms with Crippen LogP contribution in [0.5, 0.6) is 0 Å². The molecule has 110 valence electrons. The van der Waals surface area contributed by atoms with Gasteiger partial charge in [0.2, 0.25) is 5.91 Å². The maximum absolute atomic E-state index is 12.1. The van der Waals surface area contributed by atoms with Gasteiger partial charge in [-0.05, 0) is 36.5 Å². The van der Waals surface area contributed by atoms with Crippen molar-refractivity contribution in [3.8, 4) is 0 Å². The number of amides is 1. The largest absolute Gasteiger partial charge is 0.354 e. The standard InChI is InChI=1S/C16H23BrN2O/c1-3-11(2)14(18)15(20)19-10-16(7-8-16)12-5-4-6-13(17)9-12/h4-6,9,11,14H,3,7-8,10,18H2,1-2H3,(H,19,20). The maximum atomic E-state index is 12.1. The summed E-state index contributed by atoms with van der Waals surface area (Å²) in [5.41, 5.74) is 7.38. The fourth-order valence-corrected chi connectivity index (χ4v) is 2.82. The van der Waals surface area contributed by atoms with Gasteiger partial charge in [-0.3, -0.25) is 4.79 Å². The minimum absolute atomic E-state index is 0.0272. The number of carbonyl (C=O) groups excluding carboxylic acids is 1. The Kier molecular flexibility index (Phi) is 4.86. The highest BCUT2D eigenvalue weighted by Crippen LogP contribution is 2.48. The van der Waals surface area contributed by atoms with E-state index in [2.05, 4.69) is 40.3 Å². The van der Waals surface area contributed by atoms with Crippen LogP contribution in [0.4, 0.5) is 0 Å². The zero-order chi connectivity index (χ0) is 14.8. The van der Waals surface area contributed by atoms with E-state index >= 15 is 0 Å². The SMILES string of the molecule is CCC(C)C(N)C(=O)NCC1(c2cccc(Br)c2)CC1. The van der Waals surface area contributed by atoms with Crippen molar-refractivity contribution < 1.29 is 4.79 Å². The molecule has 1 aromatic rings. The van der Waals surface area contributed by atoms with Crippen LogP contribution in [0.2, 0.25) is 0 Å². The van der Waals surface area contributed by atoms with Crippen molar-refractivity contribution in [2.75, 3.05) is 6.54 Å². The number of hydrogen-bond donors (Lipinski definition) is 2. The van der Waals surface area contributed by atoms with Gasteiger partial charge in [0.1, 0.15) is 0 Å². The number of nitrogens with one attached hydrogen (secondary N) is 1. The van der Waals surface area contributed by atoms with Gasteiger partial charge in [-0.1, -0.05) is 48.3 Å². The third kappa shape index (κ3) is 3.41. The molecule has 0 heterocycles. The second kappa shape index (κ2) is 6.27. The molecule has 0 aliphatic heterocycles. The molecule has 0 saturated heterocycles. The first-order valence-electron chi connectivity index (χ1n) is 7.28. The van der Waals surface area contributed by atoms with Crippen LogP contribution in [0, 0.1) is 5.92 Å². The fraction of sp³-hybridized carbons (Fsp3) is 0.562. The number of halogens is 1. The molecule has 2 unspecified atom stereocenters. The maximum Gasteiger partial charge on any atom is 0.237 e. The third-order valence-electron chi connectivity index (χ3n) is 4.45. The Morgan fingerprint density at radius 3 is 2.75 bits per heavy atom. The Balaban J connectivity index is 1.95. The Morgan fingerprint density at radius 2 is 2.20 bits per heavy atom. The van der Waals surface area contributed by atoms with E-state index in [1.165, 1.54) is 5.56 Å². The smallest absolute Gasteiger partial charge is 0.237 e. The summed E-state index contributed by atoms with van der Waals surface area (Å²) in [4.78, 5) is 12.1. The first-order chi connectivity index (χ1) is 9.48. The predicted molar refractivity (Wildman–Crippen MR) is 85.5 cm³/mol. The summed E-state index contributed by atoms with van der Waals surface area (Å²) >= 11 is 3.51. The van der Waals surface area contributed by atoms with E-state index in [-0.39, 0.29) is 17.2 Å². The lowest BCUT2D eigenvalue weighted by atomic mass is 9.95. The van der Waals surface area contributed by atoms with Gasteiger partial charge in [-0.2, -0.15) is 0 Å². The number of hydrogen-bond acceptors (Lipinski definition) is 2. The highest BCUT2D eigenvalue weighted by molar-refractivity contribution is 9.10. The first-order valence-corrected chi connectivity index (χ1v) is 8.07. The molecule has 1 fully saturated rings. The molecule has 1 amide bonds. The van der Waals surface area contributed by atoms with E-state index < -0.39 is 6.04 Å². The molecule has 1 aliphatic rings. The van der Waals surface area contributed by atoms with Crippen LogP contribution in [0.3, 0.4) is 0 Å². The Morgan fingerprint density at radius 1 is 1.50 bits per heavy atom. The molecule has 3 N–H and O–H groups in total. The second-order valence-corrected chi connectivity index (χ2v) is 6.84. The molecule has 3 nitrogen and oxygen atoms in total. The van der Waals surface area contributed by atoms with Gasteiger partial charge in [0.25, 0.3) is 0 Å². The van der Waals surface area contributed by atoms with Crippen molar-refractivity contribution in [2.45, 2.75) is 44.6 Å². The van der Waals surface area contributed by atoms with Crippen molar-refractivity contribution in [1.82, 2.24) is 5.32 Å². The molecule has 1 aromatic carbocycles. The Labute approximate surface area is 129 Å². The zero-order valence-electron chi connectivity index (χ0n) is 12.2. The average Bonchev–Trinajstić information content (AvgIpc) is 3.24. The summed E-state index contributed by atoms with van der Waals surface area (Å²) < 4.78 is 1.09. The van der Waals surface area contributed by atoms with Gasteiger partial charge in [-0.15, -0.1) is 0 Å². The van der Waals surface area contributed by atoms with E-state index in [4.69, 9.17) is 5.73 Å². The fourth-order valence-electron chi connectivity index (χ4n) is 2.42. The molecule has 1 aliphatic carbocycles. The normalized spacial score (nSPS) is 19.2. The predicted octanol–water partition coefficient (Wildman–Crippen LogP) is 2.97. The summed E-state index contributed by atoms with van der Waals surface area (Å²) in [6.45, 7) is 4.76.